The van der Waals surface area contributed by atoms with Gasteiger partial charge in [0.25, 0.3) is 0 Å². The molecular formula is C16H20N2O3. The zero-order valence-electron chi connectivity index (χ0n) is 12.4. The van der Waals surface area contributed by atoms with Crippen LogP contribution in [-0.4, -0.2) is 28.3 Å². The van der Waals surface area contributed by atoms with Crippen LogP contribution in [0.5, 0.6) is 0 Å². The molecular weight excluding hydrogens is 268 g/mol. The summed E-state index contributed by atoms with van der Waals surface area (Å²) in [5.41, 5.74) is 1.38. The molecule has 3 heterocycles. The fourth-order valence-electron chi connectivity index (χ4n) is 2.46. The molecule has 0 unspecified atom stereocenters. The molecule has 0 atom stereocenters. The first kappa shape index (κ1) is 14.2. The standard InChI is InChI=1S/C16H20N2O3/c1-16(2,19)14-4-3-12(9-17-14)13-10-21-15(18-13)11-5-7-20-8-6-11/h3-4,9-11,19H,5-8H2,1-2H3. The smallest absolute Gasteiger partial charge is 0.197 e. The lowest BCUT2D eigenvalue weighted by Crippen LogP contribution is -2.17. The van der Waals surface area contributed by atoms with Crippen molar-refractivity contribution in [3.8, 4) is 11.3 Å². The van der Waals surface area contributed by atoms with Gasteiger partial charge in [0.2, 0.25) is 0 Å². The van der Waals surface area contributed by atoms with E-state index in [2.05, 4.69) is 9.97 Å². The highest BCUT2D eigenvalue weighted by atomic mass is 16.5. The van der Waals surface area contributed by atoms with Crippen LogP contribution in [0.3, 0.4) is 0 Å². The summed E-state index contributed by atoms with van der Waals surface area (Å²) in [5.74, 6) is 1.12. The molecule has 5 nitrogen and oxygen atoms in total. The van der Waals surface area contributed by atoms with Crippen molar-refractivity contribution < 1.29 is 14.3 Å². The highest BCUT2D eigenvalue weighted by Gasteiger charge is 2.22. The van der Waals surface area contributed by atoms with Gasteiger partial charge in [0.1, 0.15) is 17.6 Å². The summed E-state index contributed by atoms with van der Waals surface area (Å²) in [5, 5.41) is 9.92. The van der Waals surface area contributed by atoms with Crippen LogP contribution in [0.2, 0.25) is 0 Å². The predicted octanol–water partition coefficient (Wildman–Crippen LogP) is 2.86. The number of rotatable bonds is 3. The molecule has 0 aliphatic carbocycles. The van der Waals surface area contributed by atoms with E-state index in [1.54, 1.807) is 26.3 Å². The average molecular weight is 288 g/mol. The number of oxazole rings is 1. The second kappa shape index (κ2) is 5.58. The van der Waals surface area contributed by atoms with E-state index >= 15 is 0 Å². The molecule has 5 heteroatoms. The largest absolute Gasteiger partial charge is 0.448 e. The molecule has 0 spiro atoms. The van der Waals surface area contributed by atoms with Gasteiger partial charge in [-0.05, 0) is 38.8 Å². The second-order valence-electron chi connectivity index (χ2n) is 5.95. The highest BCUT2D eigenvalue weighted by Crippen LogP contribution is 2.29. The van der Waals surface area contributed by atoms with E-state index in [1.165, 1.54) is 0 Å². The third-order valence-corrected chi connectivity index (χ3v) is 3.78. The van der Waals surface area contributed by atoms with E-state index in [4.69, 9.17) is 9.15 Å². The SMILES string of the molecule is CC(C)(O)c1ccc(-c2coc(C3CCOCC3)n2)cn1. The zero-order chi connectivity index (χ0) is 14.9. The van der Waals surface area contributed by atoms with Crippen molar-refractivity contribution in [1.29, 1.82) is 0 Å². The van der Waals surface area contributed by atoms with Crippen LogP contribution in [0, 0.1) is 0 Å². The van der Waals surface area contributed by atoms with Crippen LogP contribution in [0.1, 0.15) is 44.2 Å². The van der Waals surface area contributed by atoms with Crippen molar-refractivity contribution in [2.24, 2.45) is 0 Å². The fraction of sp³-hybridized carbons (Fsp3) is 0.500. The molecule has 2 aromatic heterocycles. The molecule has 1 saturated heterocycles. The molecule has 1 aliphatic heterocycles. The van der Waals surface area contributed by atoms with Gasteiger partial charge < -0.3 is 14.3 Å². The third-order valence-electron chi connectivity index (χ3n) is 3.78. The molecule has 112 valence electrons. The van der Waals surface area contributed by atoms with E-state index in [0.29, 0.717) is 11.6 Å². The Bertz CT molecular complexity index is 593. The van der Waals surface area contributed by atoms with Crippen molar-refractivity contribution >= 4 is 0 Å². The molecule has 0 aromatic carbocycles. The van der Waals surface area contributed by atoms with Crippen molar-refractivity contribution in [3.63, 3.8) is 0 Å². The number of hydrogen-bond donors (Lipinski definition) is 1. The first-order chi connectivity index (χ1) is 10.0. The molecule has 1 aliphatic rings. The number of aliphatic hydroxyl groups is 1. The van der Waals surface area contributed by atoms with Crippen LogP contribution < -0.4 is 0 Å². The lowest BCUT2D eigenvalue weighted by Gasteiger charge is -2.18. The van der Waals surface area contributed by atoms with E-state index in [-0.39, 0.29) is 0 Å². The summed E-state index contributed by atoms with van der Waals surface area (Å²) in [6, 6.07) is 3.73. The monoisotopic (exact) mass is 288 g/mol. The van der Waals surface area contributed by atoms with Crippen molar-refractivity contribution in [3.05, 3.63) is 36.2 Å². The summed E-state index contributed by atoms with van der Waals surface area (Å²) < 4.78 is 11.0. The van der Waals surface area contributed by atoms with Crippen LogP contribution in [0.4, 0.5) is 0 Å². The van der Waals surface area contributed by atoms with E-state index in [0.717, 1.165) is 43.2 Å². The maximum absolute atomic E-state index is 9.92. The number of hydrogen-bond acceptors (Lipinski definition) is 5. The Balaban J connectivity index is 1.79. The number of nitrogens with zero attached hydrogens (tertiary/aromatic N) is 2. The highest BCUT2D eigenvalue weighted by molar-refractivity contribution is 5.56. The number of pyridine rings is 1. The first-order valence-corrected chi connectivity index (χ1v) is 7.26. The molecule has 0 bridgehead atoms. The molecule has 21 heavy (non-hydrogen) atoms. The molecule has 0 radical (unpaired) electrons. The minimum Gasteiger partial charge on any atom is -0.448 e. The predicted molar refractivity (Wildman–Crippen MR) is 77.8 cm³/mol. The average Bonchev–Trinajstić information content (AvgIpc) is 2.97. The van der Waals surface area contributed by atoms with Gasteiger partial charge in [-0.1, -0.05) is 0 Å². The molecule has 0 saturated carbocycles. The van der Waals surface area contributed by atoms with Gasteiger partial charge in [-0.3, -0.25) is 4.98 Å². The maximum atomic E-state index is 9.92. The second-order valence-corrected chi connectivity index (χ2v) is 5.95. The van der Waals surface area contributed by atoms with Crippen LogP contribution in [0.25, 0.3) is 11.3 Å². The maximum Gasteiger partial charge on any atom is 0.197 e. The van der Waals surface area contributed by atoms with Gasteiger partial charge in [-0.2, -0.15) is 0 Å². The van der Waals surface area contributed by atoms with Gasteiger partial charge in [0, 0.05) is 30.9 Å². The molecule has 2 aromatic rings. The Morgan fingerprint density at radius 3 is 2.62 bits per heavy atom. The quantitative estimate of drug-likeness (QED) is 0.940. The lowest BCUT2D eigenvalue weighted by molar-refractivity contribution is 0.0739. The van der Waals surface area contributed by atoms with E-state index in [1.807, 2.05) is 12.1 Å². The number of aromatic nitrogens is 2. The van der Waals surface area contributed by atoms with E-state index in [9.17, 15) is 5.11 Å². The van der Waals surface area contributed by atoms with Crippen molar-refractivity contribution in [2.45, 2.75) is 38.2 Å². The number of ether oxygens (including phenoxy) is 1. The molecule has 1 N–H and O–H groups in total. The van der Waals surface area contributed by atoms with Gasteiger partial charge >= 0.3 is 0 Å². The van der Waals surface area contributed by atoms with Gasteiger partial charge in [-0.15, -0.1) is 0 Å². The van der Waals surface area contributed by atoms with Crippen LogP contribution >= 0.6 is 0 Å². The van der Waals surface area contributed by atoms with Crippen molar-refractivity contribution in [2.75, 3.05) is 13.2 Å². The lowest BCUT2D eigenvalue weighted by atomic mass is 10.0. The summed E-state index contributed by atoms with van der Waals surface area (Å²) >= 11 is 0. The summed E-state index contributed by atoms with van der Waals surface area (Å²) in [6.07, 6.45) is 5.30. The summed E-state index contributed by atoms with van der Waals surface area (Å²) in [7, 11) is 0. The Labute approximate surface area is 124 Å². The minimum atomic E-state index is -0.935. The Morgan fingerprint density at radius 2 is 2.00 bits per heavy atom. The Hall–Kier alpha value is -1.72. The topological polar surface area (TPSA) is 68.4 Å². The zero-order valence-corrected chi connectivity index (χ0v) is 12.4. The normalized spacial score (nSPS) is 17.1. The molecule has 3 rings (SSSR count). The molecule has 0 amide bonds. The van der Waals surface area contributed by atoms with Crippen molar-refractivity contribution in [1.82, 2.24) is 9.97 Å². The Kier molecular flexibility index (Phi) is 3.78. The fourth-order valence-corrected chi connectivity index (χ4v) is 2.46. The van der Waals surface area contributed by atoms with Gasteiger partial charge in [0.05, 0.1) is 5.69 Å². The summed E-state index contributed by atoms with van der Waals surface area (Å²) in [4.78, 5) is 8.87. The summed E-state index contributed by atoms with van der Waals surface area (Å²) in [6.45, 7) is 4.97. The van der Waals surface area contributed by atoms with E-state index < -0.39 is 5.60 Å². The minimum absolute atomic E-state index is 0.344. The van der Waals surface area contributed by atoms with Crippen LogP contribution in [0.15, 0.2) is 29.0 Å². The first-order valence-electron chi connectivity index (χ1n) is 7.26. The van der Waals surface area contributed by atoms with Gasteiger partial charge in [0.15, 0.2) is 5.89 Å². The Morgan fingerprint density at radius 1 is 1.24 bits per heavy atom. The third kappa shape index (κ3) is 3.14. The van der Waals surface area contributed by atoms with Gasteiger partial charge in [-0.25, -0.2) is 4.98 Å². The van der Waals surface area contributed by atoms with Crippen LogP contribution in [-0.2, 0) is 10.3 Å². The molecule has 1 fully saturated rings.